The van der Waals surface area contributed by atoms with Crippen LogP contribution in [0.25, 0.3) is 16.7 Å². The summed E-state index contributed by atoms with van der Waals surface area (Å²) >= 11 is 0. The van der Waals surface area contributed by atoms with Gasteiger partial charge in [-0.25, -0.2) is 14.3 Å². The highest BCUT2D eigenvalue weighted by atomic mass is 16.1. The zero-order valence-corrected chi connectivity index (χ0v) is 18.9. The maximum atomic E-state index is 13.2. The van der Waals surface area contributed by atoms with Crippen LogP contribution in [-0.2, 0) is 13.0 Å². The van der Waals surface area contributed by atoms with Gasteiger partial charge in [-0.15, -0.1) is 0 Å². The Labute approximate surface area is 191 Å². The lowest BCUT2D eigenvalue weighted by molar-refractivity contribution is 0.475. The topological polar surface area (TPSA) is 89.7 Å². The van der Waals surface area contributed by atoms with Crippen LogP contribution in [-0.4, -0.2) is 30.9 Å². The van der Waals surface area contributed by atoms with Gasteiger partial charge in [0.15, 0.2) is 5.65 Å². The summed E-state index contributed by atoms with van der Waals surface area (Å²) in [5.74, 6) is 1.000. The minimum atomic E-state index is -0.0855. The Kier molecular flexibility index (Phi) is 4.76. The number of rotatable bonds is 5. The van der Waals surface area contributed by atoms with E-state index in [1.54, 1.807) is 10.9 Å². The molecule has 168 valence electrons. The van der Waals surface area contributed by atoms with Gasteiger partial charge in [-0.05, 0) is 75.0 Å². The number of nitrogens with zero attached hydrogens (tertiary/aromatic N) is 5. The van der Waals surface area contributed by atoms with Crippen molar-refractivity contribution >= 4 is 22.7 Å². The van der Waals surface area contributed by atoms with Crippen LogP contribution in [0.4, 0.5) is 11.6 Å². The van der Waals surface area contributed by atoms with E-state index in [0.717, 1.165) is 36.6 Å². The molecule has 0 unspecified atom stereocenters. The SMILES string of the molecule is CC(C)n1c(=O)c2cnc(Nc3ccc4c(c3)CCNC4)nc2n1-c1ccnc(C2CC2)c1. The minimum absolute atomic E-state index is 0.0325. The van der Waals surface area contributed by atoms with Crippen molar-refractivity contribution in [1.82, 2.24) is 29.6 Å². The van der Waals surface area contributed by atoms with E-state index in [9.17, 15) is 4.79 Å². The number of nitrogens with one attached hydrogen (secondary N) is 2. The Balaban J connectivity index is 1.45. The standard InChI is InChI=1S/C25H27N7O/c1-15(2)31-24(33)21-14-28-25(29-19-6-5-18-13-26-9-7-17(18)11-19)30-23(21)32(31)20-8-10-27-22(12-20)16-3-4-16/h5-6,8,10-12,14-16,26H,3-4,7,9,13H2,1-2H3,(H,28,29,30). The van der Waals surface area contributed by atoms with Crippen LogP contribution in [0.2, 0.25) is 0 Å². The van der Waals surface area contributed by atoms with Gasteiger partial charge in [0.1, 0.15) is 5.39 Å². The number of aromatic nitrogens is 5. The first kappa shape index (κ1) is 20.1. The maximum Gasteiger partial charge on any atom is 0.278 e. The highest BCUT2D eigenvalue weighted by Crippen LogP contribution is 2.39. The summed E-state index contributed by atoms with van der Waals surface area (Å²) in [6.07, 6.45) is 6.81. The Hall–Kier alpha value is -3.52. The molecule has 1 aliphatic heterocycles. The number of benzene rings is 1. The molecule has 4 aromatic rings. The third kappa shape index (κ3) is 3.60. The van der Waals surface area contributed by atoms with E-state index in [1.165, 1.54) is 24.0 Å². The van der Waals surface area contributed by atoms with Crippen molar-refractivity contribution in [2.75, 3.05) is 11.9 Å². The molecular formula is C25H27N7O. The summed E-state index contributed by atoms with van der Waals surface area (Å²) in [6, 6.07) is 10.4. The maximum absolute atomic E-state index is 13.2. The van der Waals surface area contributed by atoms with Crippen LogP contribution >= 0.6 is 0 Å². The number of pyridine rings is 1. The lowest BCUT2D eigenvalue weighted by atomic mass is 10.0. The van der Waals surface area contributed by atoms with Crippen LogP contribution in [0.3, 0.4) is 0 Å². The molecule has 8 nitrogen and oxygen atoms in total. The molecule has 0 amide bonds. The highest BCUT2D eigenvalue weighted by molar-refractivity contribution is 5.77. The monoisotopic (exact) mass is 441 g/mol. The average molecular weight is 442 g/mol. The molecule has 0 spiro atoms. The molecule has 1 saturated carbocycles. The quantitative estimate of drug-likeness (QED) is 0.489. The summed E-state index contributed by atoms with van der Waals surface area (Å²) in [5.41, 5.74) is 6.11. The smallest absolute Gasteiger partial charge is 0.278 e. The predicted molar refractivity (Wildman–Crippen MR) is 128 cm³/mol. The van der Waals surface area contributed by atoms with Crippen molar-refractivity contribution < 1.29 is 0 Å². The van der Waals surface area contributed by atoms with Gasteiger partial charge < -0.3 is 10.6 Å². The van der Waals surface area contributed by atoms with E-state index < -0.39 is 0 Å². The zero-order valence-electron chi connectivity index (χ0n) is 18.9. The summed E-state index contributed by atoms with van der Waals surface area (Å²) in [4.78, 5) is 27.1. The van der Waals surface area contributed by atoms with Crippen LogP contribution < -0.4 is 16.2 Å². The van der Waals surface area contributed by atoms with Gasteiger partial charge in [0.2, 0.25) is 5.95 Å². The summed E-state index contributed by atoms with van der Waals surface area (Å²) in [5, 5.41) is 7.25. The van der Waals surface area contributed by atoms with Gasteiger partial charge in [-0.1, -0.05) is 6.07 Å². The molecule has 1 fully saturated rings. The second kappa shape index (κ2) is 7.81. The Bertz CT molecular complexity index is 1410. The number of hydrogen-bond donors (Lipinski definition) is 2. The third-order valence-electron chi connectivity index (χ3n) is 6.47. The van der Waals surface area contributed by atoms with E-state index in [1.807, 2.05) is 30.8 Å². The van der Waals surface area contributed by atoms with Gasteiger partial charge in [0.05, 0.1) is 5.69 Å². The molecule has 2 aliphatic rings. The third-order valence-corrected chi connectivity index (χ3v) is 6.47. The molecule has 0 saturated heterocycles. The van der Waals surface area contributed by atoms with Crippen LogP contribution in [0.15, 0.2) is 47.5 Å². The lowest BCUT2D eigenvalue weighted by Gasteiger charge is -2.18. The van der Waals surface area contributed by atoms with Gasteiger partial charge in [-0.2, -0.15) is 4.98 Å². The zero-order chi connectivity index (χ0) is 22.5. The van der Waals surface area contributed by atoms with Crippen LogP contribution in [0.1, 0.15) is 55.5 Å². The molecule has 0 radical (unpaired) electrons. The molecule has 6 rings (SSSR count). The van der Waals surface area contributed by atoms with E-state index in [4.69, 9.17) is 4.98 Å². The Morgan fingerprint density at radius 1 is 1.12 bits per heavy atom. The summed E-state index contributed by atoms with van der Waals surface area (Å²) in [7, 11) is 0. The van der Waals surface area contributed by atoms with Crippen molar-refractivity contribution in [3.63, 3.8) is 0 Å². The summed E-state index contributed by atoms with van der Waals surface area (Å²) < 4.78 is 3.67. The lowest BCUT2D eigenvalue weighted by Crippen LogP contribution is -2.24. The second-order valence-corrected chi connectivity index (χ2v) is 9.23. The largest absolute Gasteiger partial charge is 0.324 e. The first-order valence-corrected chi connectivity index (χ1v) is 11.6. The van der Waals surface area contributed by atoms with Crippen molar-refractivity contribution in [1.29, 1.82) is 0 Å². The molecule has 0 atom stereocenters. The number of fused-ring (bicyclic) bond motifs is 2. The fraction of sp³-hybridized carbons (Fsp3) is 0.360. The van der Waals surface area contributed by atoms with Gasteiger partial charge in [0, 0.05) is 42.3 Å². The average Bonchev–Trinajstić information content (AvgIpc) is 3.63. The Morgan fingerprint density at radius 3 is 2.82 bits per heavy atom. The second-order valence-electron chi connectivity index (χ2n) is 9.23. The minimum Gasteiger partial charge on any atom is -0.324 e. The fourth-order valence-corrected chi connectivity index (χ4v) is 4.63. The molecule has 1 aliphatic carbocycles. The molecule has 1 aromatic carbocycles. The molecule has 8 heteroatoms. The van der Waals surface area contributed by atoms with Crippen LogP contribution in [0, 0.1) is 0 Å². The number of anilines is 2. The number of hydrogen-bond acceptors (Lipinski definition) is 6. The molecular weight excluding hydrogens is 414 g/mol. The first-order valence-electron chi connectivity index (χ1n) is 11.6. The van der Waals surface area contributed by atoms with Crippen molar-refractivity contribution in [3.8, 4) is 5.69 Å². The van der Waals surface area contributed by atoms with E-state index in [0.29, 0.717) is 22.9 Å². The van der Waals surface area contributed by atoms with Crippen LogP contribution in [0.5, 0.6) is 0 Å². The highest BCUT2D eigenvalue weighted by Gasteiger charge is 2.26. The van der Waals surface area contributed by atoms with Gasteiger partial charge in [0.25, 0.3) is 5.56 Å². The Morgan fingerprint density at radius 2 is 2.00 bits per heavy atom. The molecule has 4 heterocycles. The molecule has 0 bridgehead atoms. The van der Waals surface area contributed by atoms with Gasteiger partial charge in [-0.3, -0.25) is 9.78 Å². The first-order chi connectivity index (χ1) is 16.1. The molecule has 3 aromatic heterocycles. The van der Waals surface area contributed by atoms with Crippen molar-refractivity contribution in [3.05, 3.63) is 69.9 Å². The normalized spacial score (nSPS) is 15.7. The van der Waals surface area contributed by atoms with E-state index in [2.05, 4.69) is 44.9 Å². The van der Waals surface area contributed by atoms with Crippen molar-refractivity contribution in [2.45, 2.75) is 51.6 Å². The predicted octanol–water partition coefficient (Wildman–Crippen LogP) is 3.82. The van der Waals surface area contributed by atoms with Crippen molar-refractivity contribution in [2.24, 2.45) is 0 Å². The molecule has 2 N–H and O–H groups in total. The van der Waals surface area contributed by atoms with Gasteiger partial charge >= 0.3 is 0 Å². The van der Waals surface area contributed by atoms with E-state index in [-0.39, 0.29) is 11.6 Å². The molecule has 33 heavy (non-hydrogen) atoms. The summed E-state index contributed by atoms with van der Waals surface area (Å²) in [6.45, 7) is 5.91. The fourth-order valence-electron chi connectivity index (χ4n) is 4.63. The van der Waals surface area contributed by atoms with E-state index >= 15 is 0 Å².